The number of rotatable bonds is 3. The van der Waals surface area contributed by atoms with Crippen LogP contribution in [0, 0.1) is 0 Å². The molecule has 2 aliphatic rings. The predicted octanol–water partition coefficient (Wildman–Crippen LogP) is 1.16. The summed E-state index contributed by atoms with van der Waals surface area (Å²) >= 11 is 4.45. The second-order valence-electron chi connectivity index (χ2n) is 5.48. The van der Waals surface area contributed by atoms with E-state index in [4.69, 9.17) is 4.74 Å². The van der Waals surface area contributed by atoms with Gasteiger partial charge in [0, 0.05) is 44.7 Å². The number of ether oxygens (including phenoxy) is 1. The van der Waals surface area contributed by atoms with E-state index >= 15 is 0 Å². The third-order valence-electron chi connectivity index (χ3n) is 4.15. The van der Waals surface area contributed by atoms with Crippen molar-refractivity contribution in [2.75, 3.05) is 33.3 Å². The molecule has 0 spiro atoms. The number of thiol groups is 1. The fourth-order valence-corrected chi connectivity index (χ4v) is 3.02. The second-order valence-corrected chi connectivity index (χ2v) is 6.23. The summed E-state index contributed by atoms with van der Waals surface area (Å²) in [6.07, 6.45) is 3.17. The number of methoxy groups -OCH3 is 1. The Bertz CT molecular complexity index is 306. The lowest BCUT2D eigenvalue weighted by molar-refractivity contribution is 0.109. The van der Waals surface area contributed by atoms with Crippen LogP contribution < -0.4 is 5.32 Å². The molecule has 2 atom stereocenters. The van der Waals surface area contributed by atoms with Crippen LogP contribution in [0.1, 0.15) is 26.2 Å². The number of carbonyl (C=O) groups is 1. The molecule has 110 valence electrons. The Kier molecular flexibility index (Phi) is 5.36. The van der Waals surface area contributed by atoms with Crippen LogP contribution in [0.5, 0.6) is 0 Å². The number of hydrogen-bond acceptors (Lipinski definition) is 4. The van der Waals surface area contributed by atoms with Gasteiger partial charge >= 0.3 is 6.03 Å². The molecule has 6 heteroatoms. The molecule has 0 aromatic rings. The molecule has 19 heavy (non-hydrogen) atoms. The van der Waals surface area contributed by atoms with Crippen molar-refractivity contribution in [3.63, 3.8) is 0 Å². The number of likely N-dealkylation sites (tertiary alicyclic amines) is 2. The molecule has 2 rings (SSSR count). The van der Waals surface area contributed by atoms with Crippen LogP contribution in [0.15, 0.2) is 0 Å². The largest absolute Gasteiger partial charge is 0.380 e. The fraction of sp³-hybridized carbons (Fsp3) is 0.923. The zero-order valence-corrected chi connectivity index (χ0v) is 12.7. The van der Waals surface area contributed by atoms with Gasteiger partial charge in [-0.2, -0.15) is 12.6 Å². The average molecular weight is 287 g/mol. The van der Waals surface area contributed by atoms with Gasteiger partial charge in [0.25, 0.3) is 0 Å². The van der Waals surface area contributed by atoms with Crippen molar-refractivity contribution in [1.82, 2.24) is 15.1 Å². The maximum atomic E-state index is 12.1. The first kappa shape index (κ1) is 14.9. The van der Waals surface area contributed by atoms with Gasteiger partial charge in [0.15, 0.2) is 0 Å². The third kappa shape index (κ3) is 4.00. The van der Waals surface area contributed by atoms with Crippen LogP contribution in [0.3, 0.4) is 0 Å². The molecule has 5 nitrogen and oxygen atoms in total. The highest BCUT2D eigenvalue weighted by Crippen LogP contribution is 2.16. The molecule has 0 aromatic carbocycles. The molecule has 2 aliphatic heterocycles. The van der Waals surface area contributed by atoms with E-state index in [9.17, 15) is 4.79 Å². The van der Waals surface area contributed by atoms with Gasteiger partial charge in [-0.05, 0) is 26.2 Å². The van der Waals surface area contributed by atoms with Crippen LogP contribution in [-0.2, 0) is 4.74 Å². The summed E-state index contributed by atoms with van der Waals surface area (Å²) in [6, 6.07) is 0.370. The normalized spacial score (nSPS) is 27.5. The Morgan fingerprint density at radius 1 is 1.32 bits per heavy atom. The van der Waals surface area contributed by atoms with E-state index in [1.54, 1.807) is 7.11 Å². The zero-order valence-electron chi connectivity index (χ0n) is 11.8. The van der Waals surface area contributed by atoms with Gasteiger partial charge in [0.2, 0.25) is 0 Å². The molecule has 2 heterocycles. The molecule has 2 amide bonds. The highest BCUT2D eigenvalue weighted by molar-refractivity contribution is 7.80. The lowest BCUT2D eigenvalue weighted by atomic mass is 10.1. The van der Waals surface area contributed by atoms with Crippen molar-refractivity contribution in [3.05, 3.63) is 0 Å². The lowest BCUT2D eigenvalue weighted by Gasteiger charge is -2.35. The molecule has 0 aromatic heterocycles. The predicted molar refractivity (Wildman–Crippen MR) is 78.6 cm³/mol. The molecule has 0 bridgehead atoms. The summed E-state index contributed by atoms with van der Waals surface area (Å²) < 4.78 is 5.29. The zero-order chi connectivity index (χ0) is 13.8. The topological polar surface area (TPSA) is 44.8 Å². The van der Waals surface area contributed by atoms with E-state index in [1.807, 2.05) is 4.90 Å². The molecular formula is C13H25N3O2S. The van der Waals surface area contributed by atoms with Crippen molar-refractivity contribution in [2.45, 2.75) is 43.7 Å². The first-order valence-electron chi connectivity index (χ1n) is 7.10. The lowest BCUT2D eigenvalue weighted by Crippen LogP contribution is -2.49. The van der Waals surface area contributed by atoms with Crippen LogP contribution >= 0.6 is 12.6 Å². The highest BCUT2D eigenvalue weighted by Gasteiger charge is 2.28. The second kappa shape index (κ2) is 6.81. The summed E-state index contributed by atoms with van der Waals surface area (Å²) in [4.78, 5) is 16.3. The summed E-state index contributed by atoms with van der Waals surface area (Å²) in [5.74, 6) is 0. The minimum Gasteiger partial charge on any atom is -0.380 e. The van der Waals surface area contributed by atoms with Gasteiger partial charge in [-0.3, -0.25) is 4.90 Å². The van der Waals surface area contributed by atoms with Gasteiger partial charge in [-0.25, -0.2) is 4.79 Å². The SMILES string of the molecule is COC1CCN(C(=O)NC2CCN(C(C)S)CC2)C1. The maximum Gasteiger partial charge on any atom is 0.317 e. The number of piperidine rings is 1. The van der Waals surface area contributed by atoms with Crippen LogP contribution in [0.4, 0.5) is 4.79 Å². The maximum absolute atomic E-state index is 12.1. The smallest absolute Gasteiger partial charge is 0.317 e. The first-order chi connectivity index (χ1) is 9.10. The van der Waals surface area contributed by atoms with Gasteiger partial charge in [0.1, 0.15) is 0 Å². The van der Waals surface area contributed by atoms with E-state index in [1.165, 1.54) is 0 Å². The molecule has 2 saturated heterocycles. The van der Waals surface area contributed by atoms with E-state index in [2.05, 4.69) is 29.8 Å². The number of urea groups is 1. The minimum atomic E-state index is 0.0666. The number of carbonyl (C=O) groups excluding carboxylic acids is 1. The van der Waals surface area contributed by atoms with E-state index in [-0.39, 0.29) is 12.1 Å². The van der Waals surface area contributed by atoms with Gasteiger partial charge in [0.05, 0.1) is 6.10 Å². The third-order valence-corrected chi connectivity index (χ3v) is 4.48. The molecule has 2 unspecified atom stereocenters. The first-order valence-corrected chi connectivity index (χ1v) is 7.62. The van der Waals surface area contributed by atoms with Crippen molar-refractivity contribution >= 4 is 18.7 Å². The Hall–Kier alpha value is -0.460. The van der Waals surface area contributed by atoms with Crippen LogP contribution in [0.2, 0.25) is 0 Å². The monoisotopic (exact) mass is 287 g/mol. The Morgan fingerprint density at radius 2 is 2.00 bits per heavy atom. The quantitative estimate of drug-likeness (QED) is 0.766. The average Bonchev–Trinajstić information content (AvgIpc) is 2.88. The summed E-state index contributed by atoms with van der Waals surface area (Å²) in [5.41, 5.74) is 0. The number of nitrogens with one attached hydrogen (secondary N) is 1. The molecule has 0 radical (unpaired) electrons. The molecular weight excluding hydrogens is 262 g/mol. The van der Waals surface area contributed by atoms with Gasteiger partial charge in [-0.15, -0.1) is 0 Å². The highest BCUT2D eigenvalue weighted by atomic mass is 32.1. The van der Waals surface area contributed by atoms with Crippen molar-refractivity contribution in [1.29, 1.82) is 0 Å². The Morgan fingerprint density at radius 3 is 2.53 bits per heavy atom. The molecule has 2 fully saturated rings. The standard InChI is InChI=1S/C13H25N3O2S/c1-10(19)15-6-3-11(4-7-15)14-13(17)16-8-5-12(9-16)18-2/h10-12,19H,3-9H2,1-2H3,(H,14,17). The Labute approximate surface area is 121 Å². The van der Waals surface area contributed by atoms with E-state index < -0.39 is 0 Å². The van der Waals surface area contributed by atoms with E-state index in [0.29, 0.717) is 11.4 Å². The molecule has 1 N–H and O–H groups in total. The van der Waals surface area contributed by atoms with Gasteiger partial charge in [-0.1, -0.05) is 0 Å². The van der Waals surface area contributed by atoms with Crippen molar-refractivity contribution in [3.8, 4) is 0 Å². The number of amides is 2. The van der Waals surface area contributed by atoms with Crippen LogP contribution in [0.25, 0.3) is 0 Å². The van der Waals surface area contributed by atoms with Crippen LogP contribution in [-0.4, -0.2) is 66.6 Å². The summed E-state index contributed by atoms with van der Waals surface area (Å²) in [6.45, 7) is 5.63. The Balaban J connectivity index is 1.72. The molecule has 0 aliphatic carbocycles. The van der Waals surface area contributed by atoms with E-state index in [0.717, 1.165) is 45.4 Å². The fourth-order valence-electron chi connectivity index (χ4n) is 2.79. The number of hydrogen-bond donors (Lipinski definition) is 2. The summed E-state index contributed by atoms with van der Waals surface area (Å²) in [7, 11) is 1.71. The van der Waals surface area contributed by atoms with Crippen molar-refractivity contribution in [2.24, 2.45) is 0 Å². The van der Waals surface area contributed by atoms with Gasteiger partial charge < -0.3 is 15.0 Å². The number of nitrogens with zero attached hydrogens (tertiary/aromatic N) is 2. The molecule has 0 saturated carbocycles. The van der Waals surface area contributed by atoms with Crippen molar-refractivity contribution < 1.29 is 9.53 Å². The summed E-state index contributed by atoms with van der Waals surface area (Å²) in [5, 5.41) is 3.45. The minimum absolute atomic E-state index is 0.0666.